The molecule has 10 heteroatoms. The van der Waals surface area contributed by atoms with Gasteiger partial charge in [0.05, 0.1) is 30.2 Å². The number of amides is 1. The van der Waals surface area contributed by atoms with Crippen molar-refractivity contribution in [3.05, 3.63) is 78.0 Å². The number of pyridine rings is 1. The Morgan fingerprint density at radius 1 is 1.18 bits per heavy atom. The standard InChI is InChI=1S/C29H30FN7O2/c1-17(2)36-16-22(20-11-19(30)13-31-27(20)36)24-12-26(35(3)15-18-7-5-4-6-8-18)37-28(33-24)21(14-32-37)29(39)34-23-9-10-25(23)38/h4-8,11-14,16-17,23,25,38H,9-10,15H2,1-3H3,(H,34,39)/t23?,25-/m1/s1. The molecule has 2 atom stereocenters. The molecule has 1 saturated carbocycles. The highest BCUT2D eigenvalue weighted by molar-refractivity contribution is 6.01. The van der Waals surface area contributed by atoms with Crippen molar-refractivity contribution >= 4 is 28.4 Å². The lowest BCUT2D eigenvalue weighted by Crippen LogP contribution is -2.50. The third-order valence-electron chi connectivity index (χ3n) is 7.37. The van der Waals surface area contributed by atoms with Gasteiger partial charge in [0.1, 0.15) is 22.8 Å². The van der Waals surface area contributed by atoms with E-state index in [9.17, 15) is 14.3 Å². The molecular weight excluding hydrogens is 497 g/mol. The Morgan fingerprint density at radius 2 is 1.97 bits per heavy atom. The van der Waals surface area contributed by atoms with Crippen molar-refractivity contribution in [2.24, 2.45) is 0 Å². The molecule has 1 aliphatic rings. The van der Waals surface area contributed by atoms with E-state index in [1.165, 1.54) is 18.5 Å². The minimum absolute atomic E-state index is 0.0911. The molecule has 0 bridgehead atoms. The molecule has 6 rings (SSSR count). The Morgan fingerprint density at radius 3 is 2.67 bits per heavy atom. The number of hydrogen-bond acceptors (Lipinski definition) is 6. The van der Waals surface area contributed by atoms with Crippen molar-refractivity contribution in [2.75, 3.05) is 11.9 Å². The van der Waals surface area contributed by atoms with Crippen LogP contribution in [0, 0.1) is 5.82 Å². The van der Waals surface area contributed by atoms with Gasteiger partial charge in [0.15, 0.2) is 5.65 Å². The van der Waals surface area contributed by atoms with Crippen LogP contribution in [0.15, 0.2) is 61.1 Å². The van der Waals surface area contributed by atoms with Crippen LogP contribution in [0.1, 0.15) is 48.7 Å². The molecule has 5 aromatic rings. The molecule has 4 aromatic heterocycles. The molecule has 2 N–H and O–H groups in total. The van der Waals surface area contributed by atoms with Gasteiger partial charge in [0.2, 0.25) is 0 Å². The van der Waals surface area contributed by atoms with E-state index in [-0.39, 0.29) is 18.0 Å². The first-order valence-electron chi connectivity index (χ1n) is 13.1. The second-order valence-electron chi connectivity index (χ2n) is 10.4. The molecule has 1 unspecified atom stereocenters. The van der Waals surface area contributed by atoms with E-state index >= 15 is 0 Å². The summed E-state index contributed by atoms with van der Waals surface area (Å²) in [6, 6.07) is 13.2. The monoisotopic (exact) mass is 527 g/mol. The average Bonchev–Trinajstić information content (AvgIpc) is 3.52. The van der Waals surface area contributed by atoms with Gasteiger partial charge in [0, 0.05) is 42.8 Å². The van der Waals surface area contributed by atoms with Gasteiger partial charge in [-0.1, -0.05) is 30.3 Å². The van der Waals surface area contributed by atoms with E-state index in [4.69, 9.17) is 4.98 Å². The summed E-state index contributed by atoms with van der Waals surface area (Å²) < 4.78 is 18.0. The normalized spacial score (nSPS) is 17.1. The highest BCUT2D eigenvalue weighted by Crippen LogP contribution is 2.34. The first-order valence-corrected chi connectivity index (χ1v) is 13.1. The maximum absolute atomic E-state index is 14.4. The van der Waals surface area contributed by atoms with Gasteiger partial charge in [-0.15, -0.1) is 0 Å². The van der Waals surface area contributed by atoms with Crippen molar-refractivity contribution in [1.82, 2.24) is 29.5 Å². The first kappa shape index (κ1) is 25.0. The van der Waals surface area contributed by atoms with Crippen LogP contribution in [-0.4, -0.2) is 54.4 Å². The largest absolute Gasteiger partial charge is 0.391 e. The van der Waals surface area contributed by atoms with Gasteiger partial charge < -0.3 is 19.9 Å². The maximum atomic E-state index is 14.4. The zero-order chi connectivity index (χ0) is 27.3. The summed E-state index contributed by atoms with van der Waals surface area (Å²) >= 11 is 0. The van der Waals surface area contributed by atoms with Gasteiger partial charge >= 0.3 is 0 Å². The molecule has 1 amide bonds. The SMILES string of the molecule is CC(C)n1cc(-c2cc(N(C)Cc3ccccc3)n3ncc(C(=O)NC4CC[C@H]4O)c3n2)c2cc(F)cnc21. The number of aliphatic hydroxyl groups is 1. The number of benzene rings is 1. The van der Waals surface area contributed by atoms with Crippen LogP contribution in [0.25, 0.3) is 27.9 Å². The van der Waals surface area contributed by atoms with Gasteiger partial charge in [-0.3, -0.25) is 4.79 Å². The van der Waals surface area contributed by atoms with E-state index in [0.717, 1.165) is 17.8 Å². The zero-order valence-electron chi connectivity index (χ0n) is 22.0. The number of aromatic nitrogens is 5. The van der Waals surface area contributed by atoms with Crippen molar-refractivity contribution in [1.29, 1.82) is 0 Å². The Kier molecular flexibility index (Phi) is 6.26. The third-order valence-corrected chi connectivity index (χ3v) is 7.37. The smallest absolute Gasteiger partial charge is 0.257 e. The van der Waals surface area contributed by atoms with Crippen molar-refractivity contribution in [2.45, 2.75) is 51.4 Å². The summed E-state index contributed by atoms with van der Waals surface area (Å²) in [5.41, 5.74) is 3.74. The summed E-state index contributed by atoms with van der Waals surface area (Å²) in [7, 11) is 1.95. The lowest BCUT2D eigenvalue weighted by atomic mass is 9.89. The molecule has 0 saturated heterocycles. The number of carbonyl (C=O) groups excluding carboxylic acids is 1. The first-order chi connectivity index (χ1) is 18.8. The fourth-order valence-electron chi connectivity index (χ4n) is 5.06. The number of rotatable bonds is 7. The quantitative estimate of drug-likeness (QED) is 0.326. The number of nitrogens with zero attached hydrogens (tertiary/aromatic N) is 6. The van der Waals surface area contributed by atoms with Gasteiger partial charge in [-0.05, 0) is 38.3 Å². The highest BCUT2D eigenvalue weighted by Gasteiger charge is 2.31. The maximum Gasteiger partial charge on any atom is 0.257 e. The van der Waals surface area contributed by atoms with E-state index < -0.39 is 11.9 Å². The predicted molar refractivity (Wildman–Crippen MR) is 147 cm³/mol. The topological polar surface area (TPSA) is 101 Å². The molecule has 39 heavy (non-hydrogen) atoms. The molecule has 1 aliphatic carbocycles. The summed E-state index contributed by atoms with van der Waals surface area (Å²) in [5, 5.41) is 18.1. The molecule has 1 aromatic carbocycles. The van der Waals surface area contributed by atoms with E-state index in [2.05, 4.69) is 15.4 Å². The number of anilines is 1. The van der Waals surface area contributed by atoms with Crippen LogP contribution in [-0.2, 0) is 6.54 Å². The Balaban J connectivity index is 1.52. The second kappa shape index (κ2) is 9.77. The van der Waals surface area contributed by atoms with E-state index in [1.807, 2.05) is 73.0 Å². The zero-order valence-corrected chi connectivity index (χ0v) is 22.0. The number of aliphatic hydroxyl groups excluding tert-OH is 1. The van der Waals surface area contributed by atoms with Crippen molar-refractivity contribution in [3.63, 3.8) is 0 Å². The van der Waals surface area contributed by atoms with E-state index in [0.29, 0.717) is 46.5 Å². The Hall–Kier alpha value is -4.31. The van der Waals surface area contributed by atoms with Crippen LogP contribution in [0.5, 0.6) is 0 Å². The predicted octanol–water partition coefficient (Wildman–Crippen LogP) is 4.36. The van der Waals surface area contributed by atoms with Gasteiger partial charge in [-0.25, -0.2) is 14.4 Å². The summed E-state index contributed by atoms with van der Waals surface area (Å²) in [6.07, 6.45) is 5.50. The number of halogens is 1. The number of carbonyl (C=O) groups is 1. The fourth-order valence-corrected chi connectivity index (χ4v) is 5.06. The highest BCUT2D eigenvalue weighted by atomic mass is 19.1. The molecule has 0 aliphatic heterocycles. The average molecular weight is 528 g/mol. The molecule has 0 radical (unpaired) electrons. The lowest BCUT2D eigenvalue weighted by Gasteiger charge is -2.32. The van der Waals surface area contributed by atoms with Crippen molar-refractivity contribution < 1.29 is 14.3 Å². The molecule has 4 heterocycles. The number of nitrogens with one attached hydrogen (secondary N) is 1. The summed E-state index contributed by atoms with van der Waals surface area (Å²) in [5.74, 6) is -0.0556. The minimum Gasteiger partial charge on any atom is -0.391 e. The molecule has 200 valence electrons. The number of fused-ring (bicyclic) bond motifs is 2. The van der Waals surface area contributed by atoms with E-state index in [1.54, 1.807) is 4.52 Å². The fraction of sp³-hybridized carbons (Fsp3) is 0.310. The molecule has 9 nitrogen and oxygen atoms in total. The Bertz CT molecular complexity index is 1680. The van der Waals surface area contributed by atoms with Crippen LogP contribution in [0.4, 0.5) is 10.2 Å². The Labute approximate surface area is 224 Å². The van der Waals surface area contributed by atoms with Crippen molar-refractivity contribution in [3.8, 4) is 11.3 Å². The van der Waals surface area contributed by atoms with Gasteiger partial charge in [0.25, 0.3) is 5.91 Å². The van der Waals surface area contributed by atoms with Gasteiger partial charge in [-0.2, -0.15) is 9.61 Å². The molecule has 1 fully saturated rings. The third kappa shape index (κ3) is 4.50. The van der Waals surface area contributed by atoms with Crippen LogP contribution >= 0.6 is 0 Å². The van der Waals surface area contributed by atoms with Crippen LogP contribution < -0.4 is 10.2 Å². The summed E-state index contributed by atoms with van der Waals surface area (Å²) in [6.45, 7) is 4.68. The van der Waals surface area contributed by atoms with Crippen LogP contribution in [0.3, 0.4) is 0 Å². The second-order valence-corrected chi connectivity index (χ2v) is 10.4. The lowest BCUT2D eigenvalue weighted by molar-refractivity contribution is 0.0448. The molecular formula is C29H30FN7O2. The van der Waals surface area contributed by atoms with Crippen LogP contribution in [0.2, 0.25) is 0 Å². The summed E-state index contributed by atoms with van der Waals surface area (Å²) in [4.78, 5) is 24.5. The molecule has 0 spiro atoms. The number of hydrogen-bond donors (Lipinski definition) is 2. The minimum atomic E-state index is -0.545.